The van der Waals surface area contributed by atoms with Crippen LogP contribution in [0, 0.1) is 5.82 Å². The molecule has 2 aromatic rings. The Labute approximate surface area is 122 Å². The second-order valence-corrected chi connectivity index (χ2v) is 4.72. The fourth-order valence-electron chi connectivity index (χ4n) is 1.83. The Kier molecular flexibility index (Phi) is 4.69. The lowest BCUT2D eigenvalue weighted by Gasteiger charge is -2.12. The lowest BCUT2D eigenvalue weighted by atomic mass is 10.2. The van der Waals surface area contributed by atoms with Gasteiger partial charge in [0.2, 0.25) is 0 Å². The first kappa shape index (κ1) is 14.5. The van der Waals surface area contributed by atoms with Crippen LogP contribution in [0.25, 0.3) is 0 Å². The number of nitrogens with one attached hydrogen (secondary N) is 1. The molecule has 3 nitrogen and oxygen atoms in total. The summed E-state index contributed by atoms with van der Waals surface area (Å²) < 4.78 is 18.8. The van der Waals surface area contributed by atoms with Crippen molar-refractivity contribution in [2.24, 2.45) is 0 Å². The van der Waals surface area contributed by atoms with Crippen LogP contribution >= 0.6 is 11.6 Å². The van der Waals surface area contributed by atoms with Crippen LogP contribution < -0.4 is 15.8 Å². The molecule has 0 fully saturated rings. The molecule has 5 heteroatoms. The van der Waals surface area contributed by atoms with Crippen LogP contribution in [-0.2, 0) is 6.54 Å². The standard InChI is InChI=1S/C15H16ClFN2O/c1-2-20-15-8-14(13(18)7-12(15)17)19-9-10-4-3-5-11(16)6-10/h3-8,19H,2,9,18H2,1H3. The third-order valence-corrected chi connectivity index (χ3v) is 3.01. The summed E-state index contributed by atoms with van der Waals surface area (Å²) >= 11 is 5.92. The van der Waals surface area contributed by atoms with Crippen molar-refractivity contribution in [2.75, 3.05) is 17.7 Å². The minimum absolute atomic E-state index is 0.190. The van der Waals surface area contributed by atoms with Crippen LogP contribution in [0.2, 0.25) is 5.02 Å². The van der Waals surface area contributed by atoms with Crippen LogP contribution in [0.1, 0.15) is 12.5 Å². The van der Waals surface area contributed by atoms with Gasteiger partial charge in [-0.3, -0.25) is 0 Å². The van der Waals surface area contributed by atoms with Gasteiger partial charge in [0, 0.05) is 23.7 Å². The average Bonchev–Trinajstić information content (AvgIpc) is 2.41. The molecule has 0 bridgehead atoms. The third kappa shape index (κ3) is 3.54. The molecule has 0 aliphatic carbocycles. The molecule has 0 saturated heterocycles. The van der Waals surface area contributed by atoms with E-state index in [2.05, 4.69) is 5.32 Å². The first-order valence-electron chi connectivity index (χ1n) is 6.30. The molecular weight excluding hydrogens is 279 g/mol. The number of hydrogen-bond donors (Lipinski definition) is 2. The van der Waals surface area contributed by atoms with Crippen molar-refractivity contribution in [2.45, 2.75) is 13.5 Å². The smallest absolute Gasteiger partial charge is 0.167 e. The summed E-state index contributed by atoms with van der Waals surface area (Å²) in [6, 6.07) is 10.3. The summed E-state index contributed by atoms with van der Waals surface area (Å²) in [7, 11) is 0. The molecule has 2 aromatic carbocycles. The molecule has 3 N–H and O–H groups in total. The normalized spacial score (nSPS) is 10.3. The van der Waals surface area contributed by atoms with E-state index in [1.165, 1.54) is 6.07 Å². The molecule has 106 valence electrons. The summed E-state index contributed by atoms with van der Waals surface area (Å²) in [4.78, 5) is 0. The molecule has 0 atom stereocenters. The van der Waals surface area contributed by atoms with E-state index in [-0.39, 0.29) is 5.75 Å². The molecule has 0 aliphatic rings. The van der Waals surface area contributed by atoms with E-state index in [9.17, 15) is 4.39 Å². The highest BCUT2D eigenvalue weighted by atomic mass is 35.5. The molecule has 0 spiro atoms. The predicted molar refractivity (Wildman–Crippen MR) is 80.8 cm³/mol. The zero-order valence-electron chi connectivity index (χ0n) is 11.1. The van der Waals surface area contributed by atoms with Gasteiger partial charge in [-0.1, -0.05) is 23.7 Å². The summed E-state index contributed by atoms with van der Waals surface area (Å²) in [5.41, 5.74) is 7.78. The lowest BCUT2D eigenvalue weighted by Crippen LogP contribution is -2.04. The molecule has 0 saturated carbocycles. The summed E-state index contributed by atoms with van der Waals surface area (Å²) in [5, 5.41) is 3.82. The van der Waals surface area contributed by atoms with E-state index >= 15 is 0 Å². The topological polar surface area (TPSA) is 47.3 Å². The van der Waals surface area contributed by atoms with Gasteiger partial charge in [0.15, 0.2) is 11.6 Å². The molecule has 0 heterocycles. The highest BCUT2D eigenvalue weighted by Crippen LogP contribution is 2.28. The maximum absolute atomic E-state index is 13.6. The Morgan fingerprint density at radius 3 is 2.80 bits per heavy atom. The number of nitrogens with two attached hydrogens (primary N) is 1. The average molecular weight is 295 g/mol. The fourth-order valence-corrected chi connectivity index (χ4v) is 2.05. The highest BCUT2D eigenvalue weighted by molar-refractivity contribution is 6.30. The number of nitrogen functional groups attached to an aromatic ring is 1. The number of anilines is 2. The molecule has 0 unspecified atom stereocenters. The van der Waals surface area contributed by atoms with Crippen LogP contribution in [-0.4, -0.2) is 6.61 Å². The Morgan fingerprint density at radius 1 is 1.30 bits per heavy atom. The fraction of sp³-hybridized carbons (Fsp3) is 0.200. The summed E-state index contributed by atoms with van der Waals surface area (Å²) in [6.45, 7) is 2.74. The molecule has 0 amide bonds. The Hall–Kier alpha value is -1.94. The van der Waals surface area contributed by atoms with Crippen molar-refractivity contribution in [3.63, 3.8) is 0 Å². The minimum atomic E-state index is -0.461. The highest BCUT2D eigenvalue weighted by Gasteiger charge is 2.08. The van der Waals surface area contributed by atoms with Gasteiger partial charge in [0.25, 0.3) is 0 Å². The maximum Gasteiger partial charge on any atom is 0.167 e. The third-order valence-electron chi connectivity index (χ3n) is 2.78. The van der Waals surface area contributed by atoms with Crippen molar-refractivity contribution >= 4 is 23.0 Å². The number of ether oxygens (including phenoxy) is 1. The molecule has 20 heavy (non-hydrogen) atoms. The molecule has 2 rings (SSSR count). The monoisotopic (exact) mass is 294 g/mol. The second-order valence-electron chi connectivity index (χ2n) is 4.29. The van der Waals surface area contributed by atoms with Gasteiger partial charge in [-0.05, 0) is 24.6 Å². The number of hydrogen-bond acceptors (Lipinski definition) is 3. The Bertz CT molecular complexity index is 604. The predicted octanol–water partition coefficient (Wildman–Crippen LogP) is 4.07. The largest absolute Gasteiger partial charge is 0.491 e. The van der Waals surface area contributed by atoms with Gasteiger partial charge in [-0.2, -0.15) is 0 Å². The van der Waals surface area contributed by atoms with E-state index in [1.54, 1.807) is 13.0 Å². The van der Waals surface area contributed by atoms with Crippen molar-refractivity contribution in [3.05, 3.63) is 52.8 Å². The molecule has 0 radical (unpaired) electrons. The number of benzene rings is 2. The van der Waals surface area contributed by atoms with E-state index < -0.39 is 5.82 Å². The van der Waals surface area contributed by atoms with Crippen LogP contribution in [0.15, 0.2) is 36.4 Å². The Morgan fingerprint density at radius 2 is 2.10 bits per heavy atom. The zero-order chi connectivity index (χ0) is 14.5. The van der Waals surface area contributed by atoms with Gasteiger partial charge in [0.05, 0.1) is 18.0 Å². The maximum atomic E-state index is 13.6. The molecule has 0 aromatic heterocycles. The molecular formula is C15H16ClFN2O. The summed E-state index contributed by atoms with van der Waals surface area (Å²) in [6.07, 6.45) is 0. The minimum Gasteiger partial charge on any atom is -0.491 e. The number of rotatable bonds is 5. The van der Waals surface area contributed by atoms with Crippen molar-refractivity contribution in [1.82, 2.24) is 0 Å². The van der Waals surface area contributed by atoms with E-state index in [4.69, 9.17) is 22.1 Å². The van der Waals surface area contributed by atoms with Crippen LogP contribution in [0.4, 0.5) is 15.8 Å². The van der Waals surface area contributed by atoms with Crippen LogP contribution in [0.3, 0.4) is 0 Å². The molecule has 0 aliphatic heterocycles. The lowest BCUT2D eigenvalue weighted by molar-refractivity contribution is 0.322. The van der Waals surface area contributed by atoms with Gasteiger partial charge in [-0.25, -0.2) is 4.39 Å². The van der Waals surface area contributed by atoms with Crippen LogP contribution in [0.5, 0.6) is 5.75 Å². The van der Waals surface area contributed by atoms with Gasteiger partial charge in [0.1, 0.15) is 0 Å². The van der Waals surface area contributed by atoms with Crippen molar-refractivity contribution in [1.29, 1.82) is 0 Å². The first-order valence-corrected chi connectivity index (χ1v) is 6.68. The summed E-state index contributed by atoms with van der Waals surface area (Å²) in [5.74, 6) is -0.270. The van der Waals surface area contributed by atoms with E-state index in [0.29, 0.717) is 29.5 Å². The SMILES string of the molecule is CCOc1cc(NCc2cccc(Cl)c2)c(N)cc1F. The first-order chi connectivity index (χ1) is 9.60. The van der Waals surface area contributed by atoms with Gasteiger partial charge >= 0.3 is 0 Å². The van der Waals surface area contributed by atoms with E-state index in [1.807, 2.05) is 24.3 Å². The second kappa shape index (κ2) is 6.48. The van der Waals surface area contributed by atoms with Crippen molar-refractivity contribution < 1.29 is 9.13 Å². The van der Waals surface area contributed by atoms with Gasteiger partial charge in [-0.15, -0.1) is 0 Å². The quantitative estimate of drug-likeness (QED) is 0.817. The van der Waals surface area contributed by atoms with E-state index in [0.717, 1.165) is 5.56 Å². The number of halogens is 2. The van der Waals surface area contributed by atoms with Crippen molar-refractivity contribution in [3.8, 4) is 5.75 Å². The van der Waals surface area contributed by atoms with Gasteiger partial charge < -0.3 is 15.8 Å². The Balaban J connectivity index is 2.14. The zero-order valence-corrected chi connectivity index (χ0v) is 11.9.